The normalized spacial score (nSPS) is 12.2. The lowest BCUT2D eigenvalue weighted by molar-refractivity contribution is 0.190. The van der Waals surface area contributed by atoms with Crippen LogP contribution in [0.1, 0.15) is 29.7 Å². The van der Waals surface area contributed by atoms with Crippen LogP contribution in [0.2, 0.25) is 5.02 Å². The van der Waals surface area contributed by atoms with E-state index in [-0.39, 0.29) is 11.6 Å². The zero-order valence-corrected chi connectivity index (χ0v) is 12.1. The van der Waals surface area contributed by atoms with Gasteiger partial charge in [0, 0.05) is 11.1 Å². The van der Waals surface area contributed by atoms with Gasteiger partial charge in [-0.05, 0) is 31.5 Å². The molecular formula is C16H16ClFO2. The summed E-state index contributed by atoms with van der Waals surface area (Å²) in [5.41, 5.74) is 2.29. The van der Waals surface area contributed by atoms with Gasteiger partial charge in [-0.1, -0.05) is 35.9 Å². The SMILES string of the molecule is Cc1ccc([C@H](C)O)c(OCc2cccc(F)c2Cl)c1. The number of rotatable bonds is 4. The van der Waals surface area contributed by atoms with Crippen molar-refractivity contribution in [2.75, 3.05) is 0 Å². The second-order valence-corrected chi connectivity index (χ2v) is 5.10. The standard InChI is InChI=1S/C16H16ClFO2/c1-10-6-7-13(11(2)19)15(8-10)20-9-12-4-3-5-14(18)16(12)17/h3-8,11,19H,9H2,1-2H3/t11-/m0/s1. The van der Waals surface area contributed by atoms with Crippen LogP contribution in [-0.4, -0.2) is 5.11 Å². The molecule has 1 N–H and O–H groups in total. The molecule has 0 aliphatic rings. The second-order valence-electron chi connectivity index (χ2n) is 4.72. The minimum atomic E-state index is -0.631. The fraction of sp³-hybridized carbons (Fsp3) is 0.250. The Labute approximate surface area is 122 Å². The molecular weight excluding hydrogens is 279 g/mol. The number of aliphatic hydroxyl groups excluding tert-OH is 1. The Morgan fingerprint density at radius 1 is 1.30 bits per heavy atom. The van der Waals surface area contributed by atoms with Crippen molar-refractivity contribution in [1.29, 1.82) is 0 Å². The summed E-state index contributed by atoms with van der Waals surface area (Å²) < 4.78 is 19.0. The molecule has 0 unspecified atom stereocenters. The maximum Gasteiger partial charge on any atom is 0.142 e. The number of ether oxygens (including phenoxy) is 1. The molecule has 0 radical (unpaired) electrons. The van der Waals surface area contributed by atoms with E-state index in [1.807, 2.05) is 25.1 Å². The molecule has 0 fully saturated rings. The largest absolute Gasteiger partial charge is 0.488 e. The monoisotopic (exact) mass is 294 g/mol. The van der Waals surface area contributed by atoms with Crippen molar-refractivity contribution < 1.29 is 14.2 Å². The van der Waals surface area contributed by atoms with E-state index in [1.54, 1.807) is 19.1 Å². The molecule has 0 aromatic heterocycles. The molecule has 2 aromatic rings. The summed E-state index contributed by atoms with van der Waals surface area (Å²) >= 11 is 5.89. The van der Waals surface area contributed by atoms with Crippen molar-refractivity contribution in [3.63, 3.8) is 0 Å². The Kier molecular flexibility index (Phi) is 4.63. The molecule has 2 rings (SSSR count). The number of halogens is 2. The first-order chi connectivity index (χ1) is 9.49. The molecule has 106 valence electrons. The molecule has 0 amide bonds. The smallest absolute Gasteiger partial charge is 0.142 e. The molecule has 0 bridgehead atoms. The average molecular weight is 295 g/mol. The van der Waals surface area contributed by atoms with Crippen LogP contribution in [0.5, 0.6) is 5.75 Å². The molecule has 0 saturated heterocycles. The van der Waals surface area contributed by atoms with Crippen molar-refractivity contribution in [2.45, 2.75) is 26.6 Å². The number of hydrogen-bond donors (Lipinski definition) is 1. The summed E-state index contributed by atoms with van der Waals surface area (Å²) in [7, 11) is 0. The minimum absolute atomic E-state index is 0.0683. The van der Waals surface area contributed by atoms with Gasteiger partial charge in [-0.15, -0.1) is 0 Å². The number of hydrogen-bond acceptors (Lipinski definition) is 2. The predicted molar refractivity (Wildman–Crippen MR) is 77.6 cm³/mol. The fourth-order valence-electron chi connectivity index (χ4n) is 1.93. The predicted octanol–water partition coefficient (Wildman–Crippen LogP) is 4.42. The van der Waals surface area contributed by atoms with E-state index < -0.39 is 11.9 Å². The minimum Gasteiger partial charge on any atom is -0.488 e. The first-order valence-electron chi connectivity index (χ1n) is 6.33. The Morgan fingerprint density at radius 2 is 2.05 bits per heavy atom. The lowest BCUT2D eigenvalue weighted by Crippen LogP contribution is -2.02. The van der Waals surface area contributed by atoms with E-state index in [0.717, 1.165) is 5.56 Å². The highest BCUT2D eigenvalue weighted by molar-refractivity contribution is 6.31. The summed E-state index contributed by atoms with van der Waals surface area (Å²) in [5.74, 6) is 0.119. The van der Waals surface area contributed by atoms with Gasteiger partial charge in [0.15, 0.2) is 0 Å². The zero-order chi connectivity index (χ0) is 14.7. The first-order valence-corrected chi connectivity index (χ1v) is 6.71. The van der Waals surface area contributed by atoms with Gasteiger partial charge >= 0.3 is 0 Å². The highest BCUT2D eigenvalue weighted by Gasteiger charge is 2.11. The zero-order valence-electron chi connectivity index (χ0n) is 11.4. The molecule has 0 spiro atoms. The Morgan fingerprint density at radius 3 is 2.75 bits per heavy atom. The number of aryl methyl sites for hydroxylation is 1. The van der Waals surface area contributed by atoms with E-state index in [2.05, 4.69) is 0 Å². The van der Waals surface area contributed by atoms with Gasteiger partial charge < -0.3 is 9.84 Å². The molecule has 4 heteroatoms. The average Bonchev–Trinajstić information content (AvgIpc) is 2.40. The van der Waals surface area contributed by atoms with E-state index in [1.165, 1.54) is 6.07 Å². The van der Waals surface area contributed by atoms with Gasteiger partial charge in [-0.2, -0.15) is 0 Å². The summed E-state index contributed by atoms with van der Waals surface area (Å²) in [5, 5.41) is 9.79. The molecule has 0 aliphatic carbocycles. The molecule has 20 heavy (non-hydrogen) atoms. The topological polar surface area (TPSA) is 29.5 Å². The Balaban J connectivity index is 2.22. The lowest BCUT2D eigenvalue weighted by Gasteiger charge is -2.15. The molecule has 2 nitrogen and oxygen atoms in total. The summed E-state index contributed by atoms with van der Waals surface area (Å²) in [6.07, 6.45) is -0.631. The summed E-state index contributed by atoms with van der Waals surface area (Å²) in [4.78, 5) is 0. The van der Waals surface area contributed by atoms with Crippen LogP contribution >= 0.6 is 11.6 Å². The second kappa shape index (κ2) is 6.25. The van der Waals surface area contributed by atoms with Gasteiger partial charge in [0.25, 0.3) is 0 Å². The summed E-state index contributed by atoms with van der Waals surface area (Å²) in [6.45, 7) is 3.76. The van der Waals surface area contributed by atoms with E-state index in [4.69, 9.17) is 16.3 Å². The number of benzene rings is 2. The fourth-order valence-corrected chi connectivity index (χ4v) is 2.11. The Bertz CT molecular complexity index is 611. The maximum atomic E-state index is 13.3. The van der Waals surface area contributed by atoms with Crippen molar-refractivity contribution in [1.82, 2.24) is 0 Å². The Hall–Kier alpha value is -1.58. The first kappa shape index (κ1) is 14.8. The lowest BCUT2D eigenvalue weighted by atomic mass is 10.1. The highest BCUT2D eigenvalue weighted by atomic mass is 35.5. The van der Waals surface area contributed by atoms with Crippen molar-refractivity contribution in [3.8, 4) is 5.75 Å². The third-order valence-electron chi connectivity index (χ3n) is 3.03. The van der Waals surface area contributed by atoms with E-state index in [9.17, 15) is 9.50 Å². The van der Waals surface area contributed by atoms with Gasteiger partial charge in [0.1, 0.15) is 18.2 Å². The quantitative estimate of drug-likeness (QED) is 0.904. The summed E-state index contributed by atoms with van der Waals surface area (Å²) in [6, 6.07) is 10.2. The van der Waals surface area contributed by atoms with Gasteiger partial charge in [0.05, 0.1) is 11.1 Å². The van der Waals surface area contributed by atoms with Crippen LogP contribution in [0.15, 0.2) is 36.4 Å². The molecule has 0 heterocycles. The van der Waals surface area contributed by atoms with Crippen LogP contribution in [0.3, 0.4) is 0 Å². The van der Waals surface area contributed by atoms with E-state index in [0.29, 0.717) is 16.9 Å². The van der Waals surface area contributed by atoms with Gasteiger partial charge in [-0.25, -0.2) is 4.39 Å². The van der Waals surface area contributed by atoms with Crippen molar-refractivity contribution in [2.24, 2.45) is 0 Å². The third kappa shape index (κ3) is 3.30. The highest BCUT2D eigenvalue weighted by Crippen LogP contribution is 2.28. The van der Waals surface area contributed by atoms with Crippen LogP contribution in [0, 0.1) is 12.7 Å². The molecule has 1 atom stereocenters. The van der Waals surface area contributed by atoms with Crippen molar-refractivity contribution in [3.05, 3.63) is 63.9 Å². The third-order valence-corrected chi connectivity index (χ3v) is 3.46. The van der Waals surface area contributed by atoms with Crippen LogP contribution < -0.4 is 4.74 Å². The van der Waals surface area contributed by atoms with Gasteiger partial charge in [0.2, 0.25) is 0 Å². The van der Waals surface area contributed by atoms with E-state index >= 15 is 0 Å². The molecule has 0 aliphatic heterocycles. The molecule has 2 aromatic carbocycles. The van der Waals surface area contributed by atoms with Gasteiger partial charge in [-0.3, -0.25) is 0 Å². The maximum absolute atomic E-state index is 13.3. The van der Waals surface area contributed by atoms with Crippen LogP contribution in [0.4, 0.5) is 4.39 Å². The van der Waals surface area contributed by atoms with Crippen molar-refractivity contribution >= 4 is 11.6 Å². The molecule has 0 saturated carbocycles. The van der Waals surface area contributed by atoms with Crippen LogP contribution in [-0.2, 0) is 6.61 Å². The number of aliphatic hydroxyl groups is 1. The van der Waals surface area contributed by atoms with Crippen LogP contribution in [0.25, 0.3) is 0 Å².